The molecule has 0 saturated heterocycles. The van der Waals surface area contributed by atoms with Gasteiger partial charge in [-0.3, -0.25) is 0 Å². The van der Waals surface area contributed by atoms with Crippen LogP contribution in [0.3, 0.4) is 0 Å². The van der Waals surface area contributed by atoms with Crippen LogP contribution in [0.25, 0.3) is 0 Å². The Morgan fingerprint density at radius 1 is 1.50 bits per heavy atom. The second-order valence-electron chi connectivity index (χ2n) is 3.66. The maximum Gasteiger partial charge on any atom is -0.00461 e. The fourth-order valence-electron chi connectivity index (χ4n) is 1.74. The van der Waals surface area contributed by atoms with Crippen molar-refractivity contribution in [2.75, 3.05) is 6.54 Å². The Morgan fingerprint density at radius 2 is 2.42 bits per heavy atom. The van der Waals surface area contributed by atoms with Gasteiger partial charge in [-0.05, 0) is 60.0 Å². The molecule has 0 amide bonds. The summed E-state index contributed by atoms with van der Waals surface area (Å²) >= 11 is 1.79. The molecule has 0 aliphatic heterocycles. The second-order valence-corrected chi connectivity index (χ2v) is 4.44. The summed E-state index contributed by atoms with van der Waals surface area (Å²) in [4.78, 5) is 0. The van der Waals surface area contributed by atoms with Crippen LogP contribution in [-0.4, -0.2) is 6.54 Å². The smallest absolute Gasteiger partial charge is 0.00461 e. The van der Waals surface area contributed by atoms with Gasteiger partial charge in [-0.1, -0.05) is 0 Å². The highest BCUT2D eigenvalue weighted by molar-refractivity contribution is 7.07. The summed E-state index contributed by atoms with van der Waals surface area (Å²) in [6.07, 6.45) is 3.98. The summed E-state index contributed by atoms with van der Waals surface area (Å²) < 4.78 is 0. The average molecular weight is 181 g/mol. The zero-order chi connectivity index (χ0) is 8.39. The third kappa shape index (κ3) is 1.87. The molecule has 12 heavy (non-hydrogen) atoms. The van der Waals surface area contributed by atoms with Gasteiger partial charge < -0.3 is 5.73 Å². The van der Waals surface area contributed by atoms with Gasteiger partial charge in [0.1, 0.15) is 0 Å². The van der Waals surface area contributed by atoms with Gasteiger partial charge in [-0.25, -0.2) is 0 Å². The molecule has 2 unspecified atom stereocenters. The normalized spacial score (nSPS) is 27.4. The van der Waals surface area contributed by atoms with Crippen LogP contribution in [0.4, 0.5) is 0 Å². The van der Waals surface area contributed by atoms with E-state index in [4.69, 9.17) is 5.73 Å². The zero-order valence-electron chi connectivity index (χ0n) is 7.20. The van der Waals surface area contributed by atoms with Crippen molar-refractivity contribution < 1.29 is 0 Å². The van der Waals surface area contributed by atoms with E-state index in [1.54, 1.807) is 11.3 Å². The second kappa shape index (κ2) is 3.58. The standard InChI is InChI=1S/C10H15NS/c11-6-10-5-9(10)2-1-8-3-4-12-7-8/h3-4,7,9-10H,1-2,5-6,11H2. The van der Waals surface area contributed by atoms with Crippen molar-refractivity contribution in [2.45, 2.75) is 19.3 Å². The average Bonchev–Trinajstić information content (AvgIpc) is 2.67. The summed E-state index contributed by atoms with van der Waals surface area (Å²) in [5, 5.41) is 4.41. The van der Waals surface area contributed by atoms with E-state index in [2.05, 4.69) is 16.8 Å². The molecule has 1 nitrogen and oxygen atoms in total. The van der Waals surface area contributed by atoms with Crippen LogP contribution in [0.5, 0.6) is 0 Å². The highest BCUT2D eigenvalue weighted by Gasteiger charge is 2.34. The lowest BCUT2D eigenvalue weighted by atomic mass is 10.1. The molecular weight excluding hydrogens is 166 g/mol. The molecule has 1 aromatic rings. The number of thiophene rings is 1. The Labute approximate surface area is 77.6 Å². The molecule has 1 saturated carbocycles. The van der Waals surface area contributed by atoms with E-state index in [0.717, 1.165) is 18.4 Å². The maximum absolute atomic E-state index is 5.58. The summed E-state index contributed by atoms with van der Waals surface area (Å²) in [7, 11) is 0. The maximum atomic E-state index is 5.58. The van der Waals surface area contributed by atoms with Gasteiger partial charge in [-0.15, -0.1) is 0 Å². The Balaban J connectivity index is 1.71. The van der Waals surface area contributed by atoms with E-state index in [1.165, 1.54) is 24.8 Å². The molecular formula is C10H15NS. The van der Waals surface area contributed by atoms with Gasteiger partial charge in [0.25, 0.3) is 0 Å². The molecule has 2 heteroatoms. The van der Waals surface area contributed by atoms with Gasteiger partial charge >= 0.3 is 0 Å². The number of nitrogens with two attached hydrogens (primary N) is 1. The van der Waals surface area contributed by atoms with Crippen molar-refractivity contribution in [1.82, 2.24) is 0 Å². The summed E-state index contributed by atoms with van der Waals surface area (Å²) in [6.45, 7) is 0.897. The third-order valence-corrected chi connectivity index (χ3v) is 3.49. The van der Waals surface area contributed by atoms with Crippen LogP contribution in [0.1, 0.15) is 18.4 Å². The van der Waals surface area contributed by atoms with Crippen LogP contribution in [-0.2, 0) is 6.42 Å². The van der Waals surface area contributed by atoms with E-state index in [1.807, 2.05) is 0 Å². The first-order chi connectivity index (χ1) is 5.90. The lowest BCUT2D eigenvalue weighted by Gasteiger charge is -1.96. The Hall–Kier alpha value is -0.340. The highest BCUT2D eigenvalue weighted by atomic mass is 32.1. The predicted molar refractivity (Wildman–Crippen MR) is 53.3 cm³/mol. The molecule has 66 valence electrons. The highest BCUT2D eigenvalue weighted by Crippen LogP contribution is 2.40. The Kier molecular flexibility index (Phi) is 2.47. The van der Waals surface area contributed by atoms with Crippen LogP contribution in [0.2, 0.25) is 0 Å². The summed E-state index contributed by atoms with van der Waals surface area (Å²) in [6, 6.07) is 2.23. The first-order valence-corrected chi connectivity index (χ1v) is 5.55. The predicted octanol–water partition coefficient (Wildman–Crippen LogP) is 2.28. The number of hydrogen-bond donors (Lipinski definition) is 1. The van der Waals surface area contributed by atoms with Crippen molar-refractivity contribution in [3.8, 4) is 0 Å². The van der Waals surface area contributed by atoms with E-state index >= 15 is 0 Å². The van der Waals surface area contributed by atoms with E-state index in [-0.39, 0.29) is 0 Å². The summed E-state index contributed by atoms with van der Waals surface area (Å²) in [5.74, 6) is 1.79. The molecule has 1 aromatic heterocycles. The van der Waals surface area contributed by atoms with Gasteiger partial charge in [0.2, 0.25) is 0 Å². The molecule has 2 rings (SSSR count). The minimum atomic E-state index is 0.851. The molecule has 1 aliphatic carbocycles. The molecule has 2 N–H and O–H groups in total. The fourth-order valence-corrected chi connectivity index (χ4v) is 2.44. The van der Waals surface area contributed by atoms with Crippen LogP contribution in [0.15, 0.2) is 16.8 Å². The molecule has 1 fully saturated rings. The lowest BCUT2D eigenvalue weighted by Crippen LogP contribution is -2.02. The van der Waals surface area contributed by atoms with E-state index < -0.39 is 0 Å². The Morgan fingerprint density at radius 3 is 3.00 bits per heavy atom. The molecule has 1 aliphatic rings. The third-order valence-electron chi connectivity index (χ3n) is 2.76. The van der Waals surface area contributed by atoms with Crippen molar-refractivity contribution >= 4 is 11.3 Å². The number of aryl methyl sites for hydroxylation is 1. The van der Waals surface area contributed by atoms with E-state index in [9.17, 15) is 0 Å². The minimum Gasteiger partial charge on any atom is -0.330 e. The van der Waals surface area contributed by atoms with Gasteiger partial charge in [0.15, 0.2) is 0 Å². The molecule has 0 radical (unpaired) electrons. The monoisotopic (exact) mass is 181 g/mol. The van der Waals surface area contributed by atoms with Crippen molar-refractivity contribution in [2.24, 2.45) is 17.6 Å². The van der Waals surface area contributed by atoms with Crippen molar-refractivity contribution in [3.63, 3.8) is 0 Å². The lowest BCUT2D eigenvalue weighted by molar-refractivity contribution is 0.650. The van der Waals surface area contributed by atoms with Crippen LogP contribution >= 0.6 is 11.3 Å². The summed E-state index contributed by atoms with van der Waals surface area (Å²) in [5.41, 5.74) is 7.08. The van der Waals surface area contributed by atoms with Crippen molar-refractivity contribution in [3.05, 3.63) is 22.4 Å². The topological polar surface area (TPSA) is 26.0 Å². The molecule has 0 spiro atoms. The Bertz CT molecular complexity index is 230. The van der Waals surface area contributed by atoms with Crippen LogP contribution in [0, 0.1) is 11.8 Å². The van der Waals surface area contributed by atoms with Gasteiger partial charge in [0.05, 0.1) is 0 Å². The molecule has 0 aromatic carbocycles. The SMILES string of the molecule is NCC1CC1CCc1ccsc1. The molecule has 1 heterocycles. The first kappa shape index (κ1) is 8.27. The molecule has 2 atom stereocenters. The van der Waals surface area contributed by atoms with Gasteiger partial charge in [-0.2, -0.15) is 11.3 Å². The zero-order valence-corrected chi connectivity index (χ0v) is 8.02. The largest absolute Gasteiger partial charge is 0.330 e. The fraction of sp³-hybridized carbons (Fsp3) is 0.600. The van der Waals surface area contributed by atoms with Crippen molar-refractivity contribution in [1.29, 1.82) is 0 Å². The molecule has 0 bridgehead atoms. The first-order valence-electron chi connectivity index (χ1n) is 4.61. The van der Waals surface area contributed by atoms with E-state index in [0.29, 0.717) is 0 Å². The number of rotatable bonds is 4. The van der Waals surface area contributed by atoms with Gasteiger partial charge in [0, 0.05) is 0 Å². The minimum absolute atomic E-state index is 0.851. The number of hydrogen-bond acceptors (Lipinski definition) is 2. The van der Waals surface area contributed by atoms with Crippen LogP contribution < -0.4 is 5.73 Å². The quantitative estimate of drug-likeness (QED) is 0.757.